The summed E-state index contributed by atoms with van der Waals surface area (Å²) in [6.07, 6.45) is 4.23. The van der Waals surface area contributed by atoms with Gasteiger partial charge in [-0.05, 0) is 31.9 Å². The van der Waals surface area contributed by atoms with Gasteiger partial charge in [0.05, 0.1) is 5.69 Å². The quantitative estimate of drug-likeness (QED) is 0.692. The second-order valence-corrected chi connectivity index (χ2v) is 3.84. The van der Waals surface area contributed by atoms with Crippen LogP contribution in [0.4, 0.5) is 5.95 Å². The van der Waals surface area contributed by atoms with Crippen LogP contribution in [0.25, 0.3) is 0 Å². The largest absolute Gasteiger partial charge is 0.368 e. The Bertz CT molecular complexity index is 318. The molecule has 4 heteroatoms. The average molecular weight is 192 g/mol. The lowest BCUT2D eigenvalue weighted by Gasteiger charge is -2.23. The monoisotopic (exact) mass is 192 g/mol. The lowest BCUT2D eigenvalue weighted by Crippen LogP contribution is -2.29. The molecular weight excluding hydrogens is 176 g/mol. The van der Waals surface area contributed by atoms with E-state index < -0.39 is 0 Å². The van der Waals surface area contributed by atoms with Crippen LogP contribution in [-0.2, 0) is 0 Å². The Morgan fingerprint density at radius 2 is 2.43 bits per heavy atom. The Labute approximate surface area is 83.9 Å². The van der Waals surface area contributed by atoms with E-state index in [1.54, 1.807) is 0 Å². The van der Waals surface area contributed by atoms with E-state index in [2.05, 4.69) is 15.3 Å². The maximum atomic E-state index is 5.59. The summed E-state index contributed by atoms with van der Waals surface area (Å²) in [6, 6.07) is 0. The zero-order valence-electron chi connectivity index (χ0n) is 8.45. The van der Waals surface area contributed by atoms with Gasteiger partial charge in [-0.3, -0.25) is 0 Å². The normalized spacial score (nSPS) is 22.2. The van der Waals surface area contributed by atoms with Crippen LogP contribution < -0.4 is 11.1 Å². The third-order valence-electron chi connectivity index (χ3n) is 2.71. The average Bonchev–Trinajstić information content (AvgIpc) is 2.23. The van der Waals surface area contributed by atoms with Crippen molar-refractivity contribution in [3.05, 3.63) is 17.5 Å². The highest BCUT2D eigenvalue weighted by atomic mass is 15.0. The van der Waals surface area contributed by atoms with Gasteiger partial charge in [-0.2, -0.15) is 0 Å². The van der Waals surface area contributed by atoms with Gasteiger partial charge in [-0.15, -0.1) is 0 Å². The van der Waals surface area contributed by atoms with E-state index in [4.69, 9.17) is 5.73 Å². The number of nitrogen functional groups attached to an aromatic ring is 1. The zero-order valence-corrected chi connectivity index (χ0v) is 8.45. The van der Waals surface area contributed by atoms with Gasteiger partial charge in [0.1, 0.15) is 0 Å². The summed E-state index contributed by atoms with van der Waals surface area (Å²) < 4.78 is 0. The van der Waals surface area contributed by atoms with Gasteiger partial charge in [0.25, 0.3) is 0 Å². The molecule has 14 heavy (non-hydrogen) atoms. The third-order valence-corrected chi connectivity index (χ3v) is 2.71. The summed E-state index contributed by atoms with van der Waals surface area (Å²) in [5.74, 6) is 0.894. The van der Waals surface area contributed by atoms with Crippen molar-refractivity contribution in [2.24, 2.45) is 0 Å². The molecule has 0 unspecified atom stereocenters. The van der Waals surface area contributed by atoms with Crippen molar-refractivity contribution in [3.63, 3.8) is 0 Å². The number of rotatable bonds is 1. The molecule has 0 amide bonds. The molecule has 1 saturated heterocycles. The summed E-state index contributed by atoms with van der Waals surface area (Å²) in [4.78, 5) is 8.30. The molecule has 0 saturated carbocycles. The molecule has 1 aliphatic rings. The second kappa shape index (κ2) is 3.92. The van der Waals surface area contributed by atoms with E-state index in [9.17, 15) is 0 Å². The van der Waals surface area contributed by atoms with E-state index >= 15 is 0 Å². The minimum atomic E-state index is 0.385. The van der Waals surface area contributed by atoms with Crippen LogP contribution in [0.1, 0.15) is 30.0 Å². The smallest absolute Gasteiger partial charge is 0.220 e. The van der Waals surface area contributed by atoms with Crippen molar-refractivity contribution in [3.8, 4) is 0 Å². The standard InChI is InChI=1S/C10H16N4/c1-7-5-13-10(11)14-9(7)8-3-2-4-12-6-8/h5,8,12H,2-4,6H2,1H3,(H2,11,13,14)/t8-/m1/s1. The van der Waals surface area contributed by atoms with Gasteiger partial charge < -0.3 is 11.1 Å². The van der Waals surface area contributed by atoms with E-state index in [0.29, 0.717) is 11.9 Å². The van der Waals surface area contributed by atoms with Gasteiger partial charge in [-0.25, -0.2) is 9.97 Å². The Balaban J connectivity index is 2.24. The topological polar surface area (TPSA) is 63.8 Å². The number of nitrogens with zero attached hydrogens (tertiary/aromatic N) is 2. The number of nitrogens with one attached hydrogen (secondary N) is 1. The maximum absolute atomic E-state index is 5.59. The van der Waals surface area contributed by atoms with Gasteiger partial charge >= 0.3 is 0 Å². The van der Waals surface area contributed by atoms with Gasteiger partial charge in [0.15, 0.2) is 0 Å². The van der Waals surface area contributed by atoms with Crippen LogP contribution in [-0.4, -0.2) is 23.1 Å². The number of nitrogens with two attached hydrogens (primary N) is 1. The molecule has 0 bridgehead atoms. The molecule has 0 aliphatic carbocycles. The fourth-order valence-electron chi connectivity index (χ4n) is 1.97. The van der Waals surface area contributed by atoms with E-state index in [-0.39, 0.29) is 0 Å². The van der Waals surface area contributed by atoms with E-state index in [0.717, 1.165) is 24.3 Å². The number of anilines is 1. The van der Waals surface area contributed by atoms with Gasteiger partial charge in [0.2, 0.25) is 5.95 Å². The van der Waals surface area contributed by atoms with Crippen molar-refractivity contribution in [2.45, 2.75) is 25.7 Å². The van der Waals surface area contributed by atoms with Gasteiger partial charge in [-0.1, -0.05) is 0 Å². The van der Waals surface area contributed by atoms with Crippen molar-refractivity contribution in [2.75, 3.05) is 18.8 Å². The molecule has 0 radical (unpaired) electrons. The highest BCUT2D eigenvalue weighted by Crippen LogP contribution is 2.23. The van der Waals surface area contributed by atoms with Crippen molar-refractivity contribution in [1.82, 2.24) is 15.3 Å². The number of hydrogen-bond donors (Lipinski definition) is 2. The minimum Gasteiger partial charge on any atom is -0.368 e. The first-order valence-electron chi connectivity index (χ1n) is 5.07. The predicted molar refractivity (Wildman–Crippen MR) is 56.0 cm³/mol. The summed E-state index contributed by atoms with van der Waals surface area (Å²) in [7, 11) is 0. The Morgan fingerprint density at radius 1 is 1.57 bits per heavy atom. The number of aromatic nitrogens is 2. The first kappa shape index (κ1) is 9.40. The number of piperidine rings is 1. The highest BCUT2D eigenvalue weighted by molar-refractivity contribution is 5.27. The Hall–Kier alpha value is -1.16. The fraction of sp³-hybridized carbons (Fsp3) is 0.600. The molecule has 2 rings (SSSR count). The summed E-state index contributed by atoms with van der Waals surface area (Å²) in [5.41, 5.74) is 7.85. The Kier molecular flexibility index (Phi) is 2.63. The molecule has 1 atom stereocenters. The van der Waals surface area contributed by atoms with Crippen LogP contribution in [0.2, 0.25) is 0 Å². The molecule has 4 nitrogen and oxygen atoms in total. The first-order valence-corrected chi connectivity index (χ1v) is 5.07. The van der Waals surface area contributed by atoms with E-state index in [1.807, 2.05) is 13.1 Å². The fourth-order valence-corrected chi connectivity index (χ4v) is 1.97. The molecule has 1 fully saturated rings. The van der Waals surface area contributed by atoms with Crippen molar-refractivity contribution in [1.29, 1.82) is 0 Å². The lowest BCUT2D eigenvalue weighted by molar-refractivity contribution is 0.453. The van der Waals surface area contributed by atoms with Crippen LogP contribution >= 0.6 is 0 Å². The number of hydrogen-bond acceptors (Lipinski definition) is 4. The molecule has 1 aromatic rings. The first-order chi connectivity index (χ1) is 6.77. The molecule has 76 valence electrons. The molecule has 3 N–H and O–H groups in total. The van der Waals surface area contributed by atoms with Crippen LogP contribution in [0.3, 0.4) is 0 Å². The van der Waals surface area contributed by atoms with E-state index in [1.165, 1.54) is 12.8 Å². The summed E-state index contributed by atoms with van der Waals surface area (Å²) in [6.45, 7) is 4.18. The van der Waals surface area contributed by atoms with Crippen molar-refractivity contribution < 1.29 is 0 Å². The second-order valence-electron chi connectivity index (χ2n) is 3.84. The Morgan fingerprint density at radius 3 is 3.14 bits per heavy atom. The third kappa shape index (κ3) is 1.85. The molecule has 0 aromatic carbocycles. The number of aryl methyl sites for hydroxylation is 1. The molecule has 1 aliphatic heterocycles. The van der Waals surface area contributed by atoms with Crippen LogP contribution in [0.5, 0.6) is 0 Å². The summed E-state index contributed by atoms with van der Waals surface area (Å²) in [5, 5.41) is 3.38. The zero-order chi connectivity index (χ0) is 9.97. The van der Waals surface area contributed by atoms with Crippen molar-refractivity contribution >= 4 is 5.95 Å². The molecule has 1 aromatic heterocycles. The summed E-state index contributed by atoms with van der Waals surface area (Å²) >= 11 is 0. The SMILES string of the molecule is Cc1cnc(N)nc1[C@@H]1CCCNC1. The predicted octanol–water partition coefficient (Wildman–Crippen LogP) is 0.834. The highest BCUT2D eigenvalue weighted by Gasteiger charge is 2.18. The van der Waals surface area contributed by atoms with Crippen LogP contribution in [0, 0.1) is 6.92 Å². The van der Waals surface area contributed by atoms with Crippen LogP contribution in [0.15, 0.2) is 6.20 Å². The minimum absolute atomic E-state index is 0.385. The molecular formula is C10H16N4. The van der Waals surface area contributed by atoms with Gasteiger partial charge in [0, 0.05) is 18.7 Å². The molecule has 0 spiro atoms. The maximum Gasteiger partial charge on any atom is 0.220 e. The lowest BCUT2D eigenvalue weighted by atomic mass is 9.94. The molecule has 2 heterocycles.